The van der Waals surface area contributed by atoms with Crippen LogP contribution >= 0.6 is 0 Å². The molecule has 3 nitrogen and oxygen atoms in total. The van der Waals surface area contributed by atoms with E-state index >= 15 is 0 Å². The fraction of sp³-hybridized carbons (Fsp3) is 0.235. The molecule has 104 valence electrons. The zero-order valence-corrected chi connectivity index (χ0v) is 12.0. The minimum absolute atomic E-state index is 0.472. The van der Waals surface area contributed by atoms with Crippen molar-refractivity contribution in [1.82, 2.24) is 0 Å². The highest BCUT2D eigenvalue weighted by molar-refractivity contribution is 5.76. The predicted molar refractivity (Wildman–Crippen MR) is 84.6 cm³/mol. The van der Waals surface area contributed by atoms with Crippen LogP contribution in [0.5, 0.6) is 0 Å². The number of nitrogens with zero attached hydrogens (tertiary/aromatic N) is 2. The largest absolute Gasteiger partial charge is 0.624 e. The predicted octanol–water partition coefficient (Wildman–Crippen LogP) is 2.92. The molecule has 2 rings (SSSR count). The second-order valence-electron chi connectivity index (χ2n) is 4.99. The zero-order valence-electron chi connectivity index (χ0n) is 12.0. The van der Waals surface area contributed by atoms with Crippen LogP contribution in [0.25, 0.3) is 0 Å². The number of hydroxylamine groups is 1. The molecule has 0 fully saturated rings. The van der Waals surface area contributed by atoms with Gasteiger partial charge in [0.2, 0.25) is 0 Å². The van der Waals surface area contributed by atoms with Gasteiger partial charge in [-0.1, -0.05) is 30.3 Å². The number of anilines is 1. The van der Waals surface area contributed by atoms with Gasteiger partial charge < -0.3 is 10.1 Å². The third-order valence-electron chi connectivity index (χ3n) is 3.17. The summed E-state index contributed by atoms with van der Waals surface area (Å²) < 4.78 is 0.998. The Morgan fingerprint density at radius 1 is 1.00 bits per heavy atom. The molecule has 2 aromatic carbocycles. The Hall–Kier alpha value is -2.29. The smallest absolute Gasteiger partial charge is 0.181 e. The SMILES string of the molecule is CN(C)c1ccc(/C=[N+](/[O-])CCc2ccccc2)cc1. The van der Waals surface area contributed by atoms with Crippen molar-refractivity contribution in [3.05, 3.63) is 70.9 Å². The Bertz CT molecular complexity index is 559. The third kappa shape index (κ3) is 4.12. The van der Waals surface area contributed by atoms with Crippen LogP contribution in [0.3, 0.4) is 0 Å². The summed E-state index contributed by atoms with van der Waals surface area (Å²) in [5.74, 6) is 0. The maximum absolute atomic E-state index is 11.9. The highest BCUT2D eigenvalue weighted by Gasteiger charge is 1.99. The Labute approximate surface area is 120 Å². The van der Waals surface area contributed by atoms with E-state index in [1.54, 1.807) is 6.21 Å². The van der Waals surface area contributed by atoms with E-state index in [-0.39, 0.29) is 0 Å². The Morgan fingerprint density at radius 2 is 1.65 bits per heavy atom. The zero-order chi connectivity index (χ0) is 14.4. The van der Waals surface area contributed by atoms with Crippen LogP contribution in [-0.4, -0.2) is 31.6 Å². The molecule has 0 saturated carbocycles. The molecule has 0 amide bonds. The highest BCUT2D eigenvalue weighted by Crippen LogP contribution is 2.10. The molecule has 20 heavy (non-hydrogen) atoms. The lowest BCUT2D eigenvalue weighted by Gasteiger charge is -2.11. The molecule has 0 saturated heterocycles. The summed E-state index contributed by atoms with van der Waals surface area (Å²) in [5.41, 5.74) is 3.24. The van der Waals surface area contributed by atoms with Gasteiger partial charge >= 0.3 is 0 Å². The van der Waals surface area contributed by atoms with E-state index in [1.807, 2.05) is 73.6 Å². The van der Waals surface area contributed by atoms with Crippen LogP contribution in [0.1, 0.15) is 11.1 Å². The van der Waals surface area contributed by atoms with Crippen molar-refractivity contribution in [1.29, 1.82) is 0 Å². The lowest BCUT2D eigenvalue weighted by molar-refractivity contribution is -0.451. The van der Waals surface area contributed by atoms with Gasteiger partial charge in [0.05, 0.1) is 0 Å². The van der Waals surface area contributed by atoms with E-state index in [9.17, 15) is 5.21 Å². The molecule has 0 aromatic heterocycles. The molecule has 0 aliphatic rings. The number of benzene rings is 2. The quantitative estimate of drug-likeness (QED) is 0.361. The molecule has 0 spiro atoms. The Morgan fingerprint density at radius 3 is 2.25 bits per heavy atom. The van der Waals surface area contributed by atoms with Crippen LogP contribution in [0.4, 0.5) is 5.69 Å². The van der Waals surface area contributed by atoms with Gasteiger partial charge in [0.1, 0.15) is 0 Å². The van der Waals surface area contributed by atoms with E-state index in [1.165, 1.54) is 5.56 Å². The molecule has 0 bridgehead atoms. The first-order valence-corrected chi connectivity index (χ1v) is 6.75. The highest BCUT2D eigenvalue weighted by atomic mass is 16.5. The first-order chi connectivity index (χ1) is 9.65. The van der Waals surface area contributed by atoms with Crippen molar-refractivity contribution in [2.45, 2.75) is 6.42 Å². The van der Waals surface area contributed by atoms with Crippen LogP contribution in [0, 0.1) is 5.21 Å². The standard InChI is InChI=1S/C17H20N2O/c1-18(2)17-10-8-16(9-11-17)14-19(20)13-12-15-6-4-3-5-7-15/h3-11,14H,12-13H2,1-2H3/b19-14+. The van der Waals surface area contributed by atoms with Crippen molar-refractivity contribution >= 4 is 11.9 Å². The van der Waals surface area contributed by atoms with Gasteiger partial charge in [-0.05, 0) is 29.8 Å². The molecule has 3 heteroatoms. The van der Waals surface area contributed by atoms with Gasteiger partial charge in [0.15, 0.2) is 12.8 Å². The fourth-order valence-corrected chi connectivity index (χ4v) is 1.97. The summed E-state index contributed by atoms with van der Waals surface area (Å²) in [7, 11) is 4.00. The fourth-order valence-electron chi connectivity index (χ4n) is 1.97. The maximum atomic E-state index is 11.9. The van der Waals surface area contributed by atoms with E-state index in [4.69, 9.17) is 0 Å². The molecule has 0 atom stereocenters. The van der Waals surface area contributed by atoms with Gasteiger partial charge in [-0.25, -0.2) is 4.74 Å². The van der Waals surface area contributed by atoms with Crippen molar-refractivity contribution < 1.29 is 4.74 Å². The molecule has 0 heterocycles. The summed E-state index contributed by atoms with van der Waals surface area (Å²) in [6.07, 6.45) is 2.40. The third-order valence-corrected chi connectivity index (χ3v) is 3.17. The van der Waals surface area contributed by atoms with Crippen molar-refractivity contribution in [3.63, 3.8) is 0 Å². The van der Waals surface area contributed by atoms with Gasteiger partial charge in [-0.3, -0.25) is 0 Å². The first-order valence-electron chi connectivity index (χ1n) is 6.75. The monoisotopic (exact) mass is 268 g/mol. The first kappa shape index (κ1) is 14.1. The lowest BCUT2D eigenvalue weighted by atomic mass is 10.1. The van der Waals surface area contributed by atoms with E-state index < -0.39 is 0 Å². The van der Waals surface area contributed by atoms with Crippen LogP contribution < -0.4 is 4.90 Å². The van der Waals surface area contributed by atoms with Gasteiger partial charge in [-0.15, -0.1) is 0 Å². The minimum atomic E-state index is 0.472. The summed E-state index contributed by atoms with van der Waals surface area (Å²) in [4.78, 5) is 2.04. The normalized spacial score (nSPS) is 11.4. The molecular formula is C17H20N2O. The van der Waals surface area contributed by atoms with E-state index in [0.717, 1.165) is 22.4 Å². The summed E-state index contributed by atoms with van der Waals surface area (Å²) in [6, 6.07) is 18.0. The molecule has 0 aliphatic heterocycles. The van der Waals surface area contributed by atoms with E-state index in [0.29, 0.717) is 6.54 Å². The minimum Gasteiger partial charge on any atom is -0.624 e. The number of hydrogen-bond donors (Lipinski definition) is 0. The van der Waals surface area contributed by atoms with Gasteiger partial charge in [-0.2, -0.15) is 0 Å². The second kappa shape index (κ2) is 6.75. The molecule has 2 aromatic rings. The maximum Gasteiger partial charge on any atom is 0.181 e. The molecule has 0 unspecified atom stereocenters. The summed E-state index contributed by atoms with van der Waals surface area (Å²) in [5, 5.41) is 11.9. The Kier molecular flexibility index (Phi) is 4.77. The average Bonchev–Trinajstić information content (AvgIpc) is 2.47. The number of rotatable bonds is 5. The molecule has 0 aliphatic carbocycles. The average molecular weight is 268 g/mol. The lowest BCUT2D eigenvalue weighted by Crippen LogP contribution is -2.11. The number of hydrogen-bond acceptors (Lipinski definition) is 2. The van der Waals surface area contributed by atoms with Crippen molar-refractivity contribution in [3.8, 4) is 0 Å². The molecular weight excluding hydrogens is 248 g/mol. The van der Waals surface area contributed by atoms with Gasteiger partial charge in [0, 0.05) is 31.8 Å². The second-order valence-corrected chi connectivity index (χ2v) is 4.99. The van der Waals surface area contributed by atoms with Crippen LogP contribution in [0.2, 0.25) is 0 Å². The van der Waals surface area contributed by atoms with Crippen LogP contribution in [-0.2, 0) is 6.42 Å². The molecule has 0 N–H and O–H groups in total. The summed E-state index contributed by atoms with van der Waals surface area (Å²) >= 11 is 0. The summed E-state index contributed by atoms with van der Waals surface area (Å²) in [6.45, 7) is 0.472. The van der Waals surface area contributed by atoms with Crippen LogP contribution in [0.15, 0.2) is 54.6 Å². The van der Waals surface area contributed by atoms with E-state index in [2.05, 4.69) is 0 Å². The topological polar surface area (TPSA) is 29.3 Å². The van der Waals surface area contributed by atoms with Crippen molar-refractivity contribution in [2.24, 2.45) is 0 Å². The molecule has 0 radical (unpaired) electrons. The Balaban J connectivity index is 1.96. The van der Waals surface area contributed by atoms with Gasteiger partial charge in [0.25, 0.3) is 0 Å². The van der Waals surface area contributed by atoms with Crippen molar-refractivity contribution in [2.75, 3.05) is 25.5 Å².